The van der Waals surface area contributed by atoms with Gasteiger partial charge in [-0.2, -0.15) is 0 Å². The van der Waals surface area contributed by atoms with Crippen LogP contribution < -0.4 is 11.2 Å². The Morgan fingerprint density at radius 1 is 1.08 bits per heavy atom. The molecule has 7 nitrogen and oxygen atoms in total. The summed E-state index contributed by atoms with van der Waals surface area (Å²) in [7, 11) is 0. The van der Waals surface area contributed by atoms with E-state index in [2.05, 4.69) is 0 Å². The minimum Gasteiger partial charge on any atom is -0.501 e. The lowest BCUT2D eigenvalue weighted by molar-refractivity contribution is 0.0572. The third kappa shape index (κ3) is 2.23. The fourth-order valence-electron chi connectivity index (χ4n) is 4.20. The Hall–Kier alpha value is -2.83. The van der Waals surface area contributed by atoms with Crippen molar-refractivity contribution < 1.29 is 9.90 Å². The zero-order valence-corrected chi connectivity index (χ0v) is 14.8. The predicted octanol–water partition coefficient (Wildman–Crippen LogP) is 1.66. The third-order valence-electron chi connectivity index (χ3n) is 5.39. The number of carbonyl (C=O) groups excluding carboxylic acids is 1. The first kappa shape index (κ1) is 16.6. The molecule has 1 N–H and O–H groups in total. The lowest BCUT2D eigenvalue weighted by Gasteiger charge is -2.36. The average Bonchev–Trinajstić information content (AvgIpc) is 3.05. The number of aromatic nitrogens is 2. The zero-order valence-electron chi connectivity index (χ0n) is 14.8. The molecule has 4 rings (SSSR count). The summed E-state index contributed by atoms with van der Waals surface area (Å²) in [5, 5.41) is 10.4. The maximum absolute atomic E-state index is 13.1. The molecule has 0 spiro atoms. The van der Waals surface area contributed by atoms with E-state index in [0.29, 0.717) is 6.54 Å². The zero-order chi connectivity index (χ0) is 18.6. The van der Waals surface area contributed by atoms with Gasteiger partial charge < -0.3 is 10.0 Å². The first-order chi connectivity index (χ1) is 12.4. The van der Waals surface area contributed by atoms with Gasteiger partial charge in [0.2, 0.25) is 5.75 Å². The summed E-state index contributed by atoms with van der Waals surface area (Å²) in [5.41, 5.74) is -0.502. The molecule has 0 saturated carbocycles. The van der Waals surface area contributed by atoms with Crippen LogP contribution in [0.25, 0.3) is 0 Å². The molecule has 3 heterocycles. The summed E-state index contributed by atoms with van der Waals surface area (Å²) in [6, 6.07) is 9.09. The van der Waals surface area contributed by atoms with Crippen LogP contribution in [0.5, 0.6) is 5.75 Å². The van der Waals surface area contributed by atoms with E-state index < -0.39 is 28.9 Å². The van der Waals surface area contributed by atoms with Crippen molar-refractivity contribution in [3.63, 3.8) is 0 Å². The number of rotatable bonds is 2. The maximum Gasteiger partial charge on any atom is 0.332 e. The van der Waals surface area contributed by atoms with Gasteiger partial charge in [0.1, 0.15) is 0 Å². The van der Waals surface area contributed by atoms with Crippen LogP contribution in [0.4, 0.5) is 0 Å². The highest BCUT2D eigenvalue weighted by Crippen LogP contribution is 2.40. The summed E-state index contributed by atoms with van der Waals surface area (Å²) in [5.74, 6) is -1.09. The smallest absolute Gasteiger partial charge is 0.332 e. The van der Waals surface area contributed by atoms with Crippen LogP contribution in [0.1, 0.15) is 54.8 Å². The number of nitrogens with zero attached hydrogens (tertiary/aromatic N) is 3. The lowest BCUT2D eigenvalue weighted by Crippen LogP contribution is -2.53. The van der Waals surface area contributed by atoms with Crippen LogP contribution in [0, 0.1) is 0 Å². The Morgan fingerprint density at radius 2 is 1.77 bits per heavy atom. The summed E-state index contributed by atoms with van der Waals surface area (Å²) in [4.78, 5) is 40.1. The summed E-state index contributed by atoms with van der Waals surface area (Å²) >= 11 is 0. The Kier molecular flexibility index (Phi) is 3.75. The van der Waals surface area contributed by atoms with Crippen LogP contribution >= 0.6 is 0 Å². The molecule has 0 radical (unpaired) electrons. The molecular formula is C19H21N3O4. The summed E-state index contributed by atoms with van der Waals surface area (Å²) in [6.07, 6.45) is 1.57. The van der Waals surface area contributed by atoms with E-state index in [1.807, 2.05) is 30.3 Å². The average molecular weight is 355 g/mol. The molecule has 1 aromatic carbocycles. The molecule has 1 fully saturated rings. The van der Waals surface area contributed by atoms with Crippen LogP contribution in [0.2, 0.25) is 0 Å². The Balaban J connectivity index is 1.87. The van der Waals surface area contributed by atoms with Gasteiger partial charge in [-0.25, -0.2) is 4.79 Å². The highest BCUT2D eigenvalue weighted by atomic mass is 16.3. The highest BCUT2D eigenvalue weighted by Gasteiger charge is 2.44. The highest BCUT2D eigenvalue weighted by molar-refractivity contribution is 5.96. The molecule has 2 unspecified atom stereocenters. The van der Waals surface area contributed by atoms with Gasteiger partial charge in [-0.05, 0) is 32.3 Å². The predicted molar refractivity (Wildman–Crippen MR) is 95.4 cm³/mol. The molecule has 7 heteroatoms. The largest absolute Gasteiger partial charge is 0.501 e. The molecule has 1 saturated heterocycles. The van der Waals surface area contributed by atoms with Crippen molar-refractivity contribution in [2.75, 3.05) is 0 Å². The SMILES string of the molecule is CC(C)n1c(=O)c(O)c2n(c1=O)CC1CCC(c3ccccc3)N1C2=O. The molecule has 2 aromatic rings. The van der Waals surface area contributed by atoms with Crippen LogP contribution in [-0.4, -0.2) is 31.1 Å². The minimum absolute atomic E-state index is 0.107. The number of carbonyl (C=O) groups is 1. The van der Waals surface area contributed by atoms with Crippen molar-refractivity contribution >= 4 is 5.91 Å². The van der Waals surface area contributed by atoms with E-state index in [4.69, 9.17) is 0 Å². The molecular weight excluding hydrogens is 334 g/mol. The van der Waals surface area contributed by atoms with Crippen molar-refractivity contribution in [3.8, 4) is 5.75 Å². The monoisotopic (exact) mass is 355 g/mol. The van der Waals surface area contributed by atoms with Crippen molar-refractivity contribution in [2.24, 2.45) is 0 Å². The second-order valence-electron chi connectivity index (χ2n) is 7.23. The number of hydrogen-bond acceptors (Lipinski definition) is 4. The van der Waals surface area contributed by atoms with E-state index >= 15 is 0 Å². The minimum atomic E-state index is -0.807. The standard InChI is InChI=1S/C19H21N3O4/c1-11(2)21-18(25)16(23)15-17(24)22-13(10-20(15)19(21)26)8-9-14(22)12-6-4-3-5-7-12/h3-7,11,13-14,23H,8-10H2,1-2H3. The van der Waals surface area contributed by atoms with E-state index in [1.54, 1.807) is 18.7 Å². The van der Waals surface area contributed by atoms with Gasteiger partial charge in [0, 0.05) is 12.6 Å². The Labute approximate surface area is 150 Å². The molecule has 0 bridgehead atoms. The molecule has 2 aliphatic heterocycles. The molecule has 2 aliphatic rings. The molecule has 1 amide bonds. The number of amides is 1. The van der Waals surface area contributed by atoms with Gasteiger partial charge >= 0.3 is 5.69 Å². The fourth-order valence-corrected chi connectivity index (χ4v) is 4.20. The first-order valence-electron chi connectivity index (χ1n) is 8.87. The van der Waals surface area contributed by atoms with Crippen molar-refractivity contribution in [2.45, 2.75) is 51.4 Å². The summed E-state index contributed by atoms with van der Waals surface area (Å²) < 4.78 is 2.28. The Bertz CT molecular complexity index is 990. The van der Waals surface area contributed by atoms with E-state index in [0.717, 1.165) is 23.0 Å². The topological polar surface area (TPSA) is 84.5 Å². The number of fused-ring (bicyclic) bond motifs is 2. The van der Waals surface area contributed by atoms with Gasteiger partial charge in [0.15, 0.2) is 5.69 Å². The van der Waals surface area contributed by atoms with E-state index in [-0.39, 0.29) is 17.8 Å². The van der Waals surface area contributed by atoms with Crippen molar-refractivity contribution in [1.29, 1.82) is 0 Å². The molecule has 136 valence electrons. The maximum atomic E-state index is 13.1. The van der Waals surface area contributed by atoms with Gasteiger partial charge in [0.05, 0.1) is 12.1 Å². The van der Waals surface area contributed by atoms with Gasteiger partial charge in [-0.3, -0.25) is 18.7 Å². The number of hydrogen-bond donors (Lipinski definition) is 1. The third-order valence-corrected chi connectivity index (χ3v) is 5.39. The fraction of sp³-hybridized carbons (Fsp3) is 0.421. The summed E-state index contributed by atoms with van der Waals surface area (Å²) in [6.45, 7) is 3.70. The Morgan fingerprint density at radius 3 is 2.42 bits per heavy atom. The molecule has 1 aromatic heterocycles. The second-order valence-corrected chi connectivity index (χ2v) is 7.23. The van der Waals surface area contributed by atoms with Crippen LogP contribution in [0.3, 0.4) is 0 Å². The first-order valence-corrected chi connectivity index (χ1v) is 8.87. The van der Waals surface area contributed by atoms with Crippen LogP contribution in [-0.2, 0) is 6.54 Å². The lowest BCUT2D eigenvalue weighted by atomic mass is 10.0. The second kappa shape index (κ2) is 5.86. The van der Waals surface area contributed by atoms with Crippen molar-refractivity contribution in [1.82, 2.24) is 14.0 Å². The quantitative estimate of drug-likeness (QED) is 0.888. The molecule has 26 heavy (non-hydrogen) atoms. The normalized spacial score (nSPS) is 21.8. The van der Waals surface area contributed by atoms with E-state index in [1.165, 1.54) is 4.57 Å². The van der Waals surface area contributed by atoms with Gasteiger partial charge in [-0.15, -0.1) is 0 Å². The van der Waals surface area contributed by atoms with E-state index in [9.17, 15) is 19.5 Å². The van der Waals surface area contributed by atoms with Crippen molar-refractivity contribution in [3.05, 3.63) is 62.4 Å². The van der Waals surface area contributed by atoms with Crippen LogP contribution in [0.15, 0.2) is 39.9 Å². The van der Waals surface area contributed by atoms with Gasteiger partial charge in [0.25, 0.3) is 11.5 Å². The van der Waals surface area contributed by atoms with Gasteiger partial charge in [-0.1, -0.05) is 30.3 Å². The number of benzene rings is 1. The molecule has 2 atom stereocenters. The molecule has 0 aliphatic carbocycles. The number of aromatic hydroxyl groups is 1.